The lowest BCUT2D eigenvalue weighted by Gasteiger charge is -2.21. The van der Waals surface area contributed by atoms with Crippen LogP contribution in [0, 0.1) is 4.84 Å². The number of hydrogen-bond acceptors (Lipinski definition) is 4. The lowest BCUT2D eigenvalue weighted by atomic mass is 10.2. The molecule has 1 fully saturated rings. The molecule has 0 saturated heterocycles. The Labute approximate surface area is 114 Å². The fourth-order valence-corrected chi connectivity index (χ4v) is 2.39. The summed E-state index contributed by atoms with van der Waals surface area (Å²) in [5.41, 5.74) is 1.92. The molecule has 0 unspecified atom stereocenters. The molecule has 0 atom stereocenters. The fraction of sp³-hybridized carbons (Fsp3) is 0.385. The lowest BCUT2D eigenvalue weighted by Crippen LogP contribution is -2.35. The number of amides is 1. The third-order valence-electron chi connectivity index (χ3n) is 3.26. The van der Waals surface area contributed by atoms with Crippen molar-refractivity contribution in [3.63, 3.8) is 0 Å². The summed E-state index contributed by atoms with van der Waals surface area (Å²) >= 11 is 4.92. The van der Waals surface area contributed by atoms with E-state index in [4.69, 9.17) is 21.7 Å². The summed E-state index contributed by atoms with van der Waals surface area (Å²) in [5, 5.41) is 9.05. The number of benzene rings is 1. The van der Waals surface area contributed by atoms with E-state index in [9.17, 15) is 4.79 Å². The Bertz CT molecular complexity index is 672. The number of carbonyl (C=O) groups is 1. The molecule has 2 aromatic rings. The molecule has 1 aliphatic carbocycles. The normalized spacial score (nSPS) is 14.8. The number of carbonyl (C=O) groups excluding carboxylic acids is 1. The number of aliphatic hydroxyl groups is 1. The lowest BCUT2D eigenvalue weighted by molar-refractivity contribution is 0.0707. The van der Waals surface area contributed by atoms with Gasteiger partial charge in [0.2, 0.25) is 0 Å². The highest BCUT2D eigenvalue weighted by Gasteiger charge is 2.32. The first-order valence-electron chi connectivity index (χ1n) is 6.24. The van der Waals surface area contributed by atoms with Gasteiger partial charge in [-0.25, -0.2) is 0 Å². The molecular formula is C13H14N2O3S. The topological polar surface area (TPSA) is 69.5 Å². The first-order valence-corrected chi connectivity index (χ1v) is 6.64. The molecule has 5 nitrogen and oxygen atoms in total. The van der Waals surface area contributed by atoms with Crippen molar-refractivity contribution >= 4 is 29.2 Å². The van der Waals surface area contributed by atoms with E-state index < -0.39 is 0 Å². The number of fused-ring (bicyclic) bond motifs is 1. The van der Waals surface area contributed by atoms with Gasteiger partial charge in [0.25, 0.3) is 10.7 Å². The van der Waals surface area contributed by atoms with Gasteiger partial charge in [-0.05, 0) is 43.3 Å². The van der Waals surface area contributed by atoms with Gasteiger partial charge in [-0.15, -0.1) is 0 Å². The van der Waals surface area contributed by atoms with Crippen LogP contribution in [0.25, 0.3) is 11.1 Å². The minimum Gasteiger partial charge on any atom is -0.429 e. The van der Waals surface area contributed by atoms with Gasteiger partial charge in [-0.3, -0.25) is 4.79 Å². The Morgan fingerprint density at radius 3 is 3.00 bits per heavy atom. The van der Waals surface area contributed by atoms with Crippen molar-refractivity contribution in [2.75, 3.05) is 13.2 Å². The highest BCUT2D eigenvalue weighted by atomic mass is 32.1. The Kier molecular flexibility index (Phi) is 3.12. The third kappa shape index (κ3) is 2.41. The maximum Gasteiger partial charge on any atom is 0.266 e. The van der Waals surface area contributed by atoms with Crippen molar-refractivity contribution in [3.8, 4) is 0 Å². The van der Waals surface area contributed by atoms with Crippen LogP contribution >= 0.6 is 12.2 Å². The highest BCUT2D eigenvalue weighted by Crippen LogP contribution is 2.28. The van der Waals surface area contributed by atoms with Crippen LogP contribution < -0.4 is 0 Å². The van der Waals surface area contributed by atoms with Gasteiger partial charge in [0.1, 0.15) is 0 Å². The largest absolute Gasteiger partial charge is 0.429 e. The number of aromatic nitrogens is 1. The van der Waals surface area contributed by atoms with Crippen LogP contribution in [-0.2, 0) is 0 Å². The molecule has 3 rings (SSSR count). The van der Waals surface area contributed by atoms with Crippen LogP contribution in [0.2, 0.25) is 0 Å². The molecule has 1 aromatic heterocycles. The quantitative estimate of drug-likeness (QED) is 0.840. The number of H-pyrrole nitrogens is 1. The van der Waals surface area contributed by atoms with Crippen LogP contribution in [0.5, 0.6) is 0 Å². The molecule has 6 heteroatoms. The minimum absolute atomic E-state index is 0.0185. The van der Waals surface area contributed by atoms with Crippen LogP contribution in [-0.4, -0.2) is 40.1 Å². The van der Waals surface area contributed by atoms with Crippen LogP contribution in [0.1, 0.15) is 23.2 Å². The Morgan fingerprint density at radius 1 is 1.53 bits per heavy atom. The molecule has 0 aliphatic heterocycles. The minimum atomic E-state index is -0.0687. The average Bonchev–Trinajstić information content (AvgIpc) is 3.15. The molecule has 1 aromatic carbocycles. The van der Waals surface area contributed by atoms with E-state index in [1.54, 1.807) is 23.1 Å². The number of nitrogens with one attached hydrogen (secondary N) is 1. The molecule has 100 valence electrons. The Morgan fingerprint density at radius 2 is 2.32 bits per heavy atom. The monoisotopic (exact) mass is 278 g/mol. The van der Waals surface area contributed by atoms with Gasteiger partial charge in [-0.2, -0.15) is 0 Å². The number of nitrogens with zero attached hydrogens (tertiary/aromatic N) is 1. The standard InChI is InChI=1S/C13H14N2O3S/c16-6-5-15(9-2-3-9)12(17)8-1-4-10-11(7-8)18-13(19)14-10/h1,4,7,9,16H,2-3,5-6H2,(H,14,19). The van der Waals surface area contributed by atoms with Gasteiger partial charge >= 0.3 is 0 Å². The third-order valence-corrected chi connectivity index (χ3v) is 3.44. The second kappa shape index (κ2) is 4.79. The maximum absolute atomic E-state index is 12.4. The average molecular weight is 278 g/mol. The second-order valence-electron chi connectivity index (χ2n) is 4.68. The van der Waals surface area contributed by atoms with Crippen molar-refractivity contribution in [2.45, 2.75) is 18.9 Å². The molecule has 1 amide bonds. The molecule has 19 heavy (non-hydrogen) atoms. The smallest absolute Gasteiger partial charge is 0.266 e. The Balaban J connectivity index is 1.93. The molecule has 2 N–H and O–H groups in total. The number of aromatic amines is 1. The van der Waals surface area contributed by atoms with Gasteiger partial charge in [0.15, 0.2) is 5.58 Å². The van der Waals surface area contributed by atoms with Gasteiger partial charge in [-0.1, -0.05) is 0 Å². The summed E-state index contributed by atoms with van der Waals surface area (Å²) in [6, 6.07) is 5.49. The fourth-order valence-electron chi connectivity index (χ4n) is 2.19. The van der Waals surface area contributed by atoms with Crippen LogP contribution in [0.4, 0.5) is 0 Å². The summed E-state index contributed by atoms with van der Waals surface area (Å²) in [6.45, 7) is 0.355. The van der Waals surface area contributed by atoms with Gasteiger partial charge in [0, 0.05) is 18.2 Å². The zero-order valence-corrected chi connectivity index (χ0v) is 11.1. The SMILES string of the molecule is O=C(c1ccc2[nH]c(=S)oc2c1)N(CCO)C1CC1. The Hall–Kier alpha value is -1.66. The van der Waals surface area contributed by atoms with E-state index in [0.29, 0.717) is 22.5 Å². The number of oxazole rings is 1. The number of aliphatic hydroxyl groups excluding tert-OH is 1. The van der Waals surface area contributed by atoms with Crippen molar-refractivity contribution in [2.24, 2.45) is 0 Å². The summed E-state index contributed by atoms with van der Waals surface area (Å²) in [5.74, 6) is -0.0687. The molecule has 1 saturated carbocycles. The second-order valence-corrected chi connectivity index (χ2v) is 5.05. The first kappa shape index (κ1) is 12.4. The van der Waals surface area contributed by atoms with Crippen molar-refractivity contribution < 1.29 is 14.3 Å². The summed E-state index contributed by atoms with van der Waals surface area (Å²) < 4.78 is 5.31. The van der Waals surface area contributed by atoms with E-state index in [0.717, 1.165) is 18.4 Å². The van der Waals surface area contributed by atoms with E-state index >= 15 is 0 Å². The van der Waals surface area contributed by atoms with E-state index in [1.807, 2.05) is 0 Å². The van der Waals surface area contributed by atoms with Crippen molar-refractivity contribution in [1.82, 2.24) is 9.88 Å². The molecule has 0 bridgehead atoms. The zero-order valence-electron chi connectivity index (χ0n) is 10.3. The maximum atomic E-state index is 12.4. The summed E-state index contributed by atoms with van der Waals surface area (Å²) in [7, 11) is 0. The van der Waals surface area contributed by atoms with Crippen LogP contribution in [0.3, 0.4) is 0 Å². The van der Waals surface area contributed by atoms with Gasteiger partial charge < -0.3 is 19.4 Å². The first-order chi connectivity index (χ1) is 9.19. The van der Waals surface area contributed by atoms with Crippen molar-refractivity contribution in [1.29, 1.82) is 0 Å². The zero-order chi connectivity index (χ0) is 13.4. The number of hydrogen-bond donors (Lipinski definition) is 2. The van der Waals surface area contributed by atoms with E-state index in [2.05, 4.69) is 4.98 Å². The summed E-state index contributed by atoms with van der Waals surface area (Å²) in [4.78, 5) is 17.3. The molecule has 1 heterocycles. The molecule has 0 spiro atoms. The predicted molar refractivity (Wildman–Crippen MR) is 72.5 cm³/mol. The van der Waals surface area contributed by atoms with E-state index in [-0.39, 0.29) is 18.6 Å². The van der Waals surface area contributed by atoms with Crippen LogP contribution in [0.15, 0.2) is 22.6 Å². The van der Waals surface area contributed by atoms with E-state index in [1.165, 1.54) is 0 Å². The summed E-state index contributed by atoms with van der Waals surface area (Å²) in [6.07, 6.45) is 2.03. The van der Waals surface area contributed by atoms with Crippen molar-refractivity contribution in [3.05, 3.63) is 28.6 Å². The number of rotatable bonds is 4. The highest BCUT2D eigenvalue weighted by molar-refractivity contribution is 7.71. The van der Waals surface area contributed by atoms with Gasteiger partial charge in [0.05, 0.1) is 12.1 Å². The predicted octanol–water partition coefficient (Wildman–Crippen LogP) is 2.09. The molecule has 0 radical (unpaired) electrons. The molecule has 1 aliphatic rings. The molecular weight excluding hydrogens is 264 g/mol.